The summed E-state index contributed by atoms with van der Waals surface area (Å²) in [5.74, 6) is 0.0547. The van der Waals surface area contributed by atoms with Crippen molar-refractivity contribution in [2.45, 2.75) is 58.5 Å². The smallest absolute Gasteiger partial charge is 0.243 e. The lowest BCUT2D eigenvalue weighted by Crippen LogP contribution is -2.59. The molecule has 1 amide bonds. The van der Waals surface area contributed by atoms with Crippen molar-refractivity contribution in [3.05, 3.63) is 0 Å². The van der Waals surface area contributed by atoms with Crippen LogP contribution in [-0.2, 0) is 4.79 Å². The van der Waals surface area contributed by atoms with E-state index < -0.39 is 5.41 Å². The zero-order chi connectivity index (χ0) is 14.0. The van der Waals surface area contributed by atoms with Crippen LogP contribution in [0.2, 0.25) is 0 Å². The molecular formula is C15H25N3O. The molecule has 0 bridgehead atoms. The third-order valence-electron chi connectivity index (χ3n) is 5.03. The average molecular weight is 263 g/mol. The van der Waals surface area contributed by atoms with E-state index in [1.165, 1.54) is 19.4 Å². The summed E-state index contributed by atoms with van der Waals surface area (Å²) in [6.07, 6.45) is 3.64. The molecule has 2 saturated heterocycles. The molecule has 4 heteroatoms. The van der Waals surface area contributed by atoms with Crippen LogP contribution in [0, 0.1) is 16.7 Å². The van der Waals surface area contributed by atoms with Gasteiger partial charge in [-0.3, -0.25) is 9.69 Å². The van der Waals surface area contributed by atoms with Gasteiger partial charge in [0.1, 0.15) is 5.41 Å². The lowest BCUT2D eigenvalue weighted by atomic mass is 9.81. The van der Waals surface area contributed by atoms with Crippen molar-refractivity contribution in [2.75, 3.05) is 19.6 Å². The van der Waals surface area contributed by atoms with E-state index in [1.54, 1.807) is 0 Å². The predicted octanol–water partition coefficient (Wildman–Crippen LogP) is 2.01. The van der Waals surface area contributed by atoms with E-state index in [0.29, 0.717) is 18.9 Å². The van der Waals surface area contributed by atoms with E-state index in [1.807, 2.05) is 18.7 Å². The summed E-state index contributed by atoms with van der Waals surface area (Å²) in [5, 5.41) is 9.44. The van der Waals surface area contributed by atoms with Gasteiger partial charge in [0.05, 0.1) is 6.07 Å². The molecule has 0 N–H and O–H groups in total. The summed E-state index contributed by atoms with van der Waals surface area (Å²) in [5.41, 5.74) is -0.810. The minimum absolute atomic E-state index is 0.0547. The molecule has 106 valence electrons. The molecule has 4 nitrogen and oxygen atoms in total. The van der Waals surface area contributed by atoms with Crippen molar-refractivity contribution in [2.24, 2.45) is 5.41 Å². The number of carbonyl (C=O) groups is 1. The summed E-state index contributed by atoms with van der Waals surface area (Å²) >= 11 is 0. The molecule has 2 heterocycles. The monoisotopic (exact) mass is 263 g/mol. The van der Waals surface area contributed by atoms with Gasteiger partial charge in [-0.25, -0.2) is 0 Å². The van der Waals surface area contributed by atoms with Crippen molar-refractivity contribution in [1.29, 1.82) is 5.26 Å². The minimum Gasteiger partial charge on any atom is -0.336 e. The maximum atomic E-state index is 12.8. The van der Waals surface area contributed by atoms with Gasteiger partial charge in [0, 0.05) is 25.2 Å². The van der Waals surface area contributed by atoms with Crippen LogP contribution in [0.3, 0.4) is 0 Å². The molecule has 2 unspecified atom stereocenters. The summed E-state index contributed by atoms with van der Waals surface area (Å²) in [4.78, 5) is 17.3. The van der Waals surface area contributed by atoms with Gasteiger partial charge in [0.15, 0.2) is 0 Å². The molecule has 0 saturated carbocycles. The van der Waals surface area contributed by atoms with Gasteiger partial charge in [-0.05, 0) is 39.2 Å². The Morgan fingerprint density at radius 3 is 2.63 bits per heavy atom. The Labute approximate surface area is 116 Å². The average Bonchev–Trinajstić information content (AvgIpc) is 2.87. The van der Waals surface area contributed by atoms with Crippen molar-refractivity contribution in [3.8, 4) is 6.07 Å². The molecule has 2 fully saturated rings. The van der Waals surface area contributed by atoms with E-state index in [-0.39, 0.29) is 11.9 Å². The zero-order valence-electron chi connectivity index (χ0n) is 12.4. The Hall–Kier alpha value is -1.08. The molecule has 0 spiro atoms. The van der Waals surface area contributed by atoms with Crippen LogP contribution >= 0.6 is 0 Å². The van der Waals surface area contributed by atoms with E-state index in [0.717, 1.165) is 13.1 Å². The van der Waals surface area contributed by atoms with Crippen molar-refractivity contribution >= 4 is 5.91 Å². The van der Waals surface area contributed by atoms with Gasteiger partial charge in [-0.2, -0.15) is 5.26 Å². The maximum Gasteiger partial charge on any atom is 0.243 e. The number of hydrogen-bond donors (Lipinski definition) is 0. The highest BCUT2D eigenvalue weighted by Gasteiger charge is 2.44. The molecule has 0 radical (unpaired) electrons. The Balaban J connectivity index is 2.16. The van der Waals surface area contributed by atoms with Gasteiger partial charge in [0.2, 0.25) is 5.91 Å². The Morgan fingerprint density at radius 1 is 1.37 bits per heavy atom. The first kappa shape index (κ1) is 14.3. The van der Waals surface area contributed by atoms with Gasteiger partial charge < -0.3 is 4.90 Å². The van der Waals surface area contributed by atoms with E-state index in [4.69, 9.17) is 0 Å². The Bertz CT molecular complexity index is 383. The third-order valence-corrected chi connectivity index (χ3v) is 5.03. The fourth-order valence-electron chi connectivity index (χ4n) is 3.50. The number of piperazine rings is 1. The van der Waals surface area contributed by atoms with Crippen LogP contribution in [0.15, 0.2) is 0 Å². The second-order valence-electron chi connectivity index (χ2n) is 6.00. The topological polar surface area (TPSA) is 47.3 Å². The number of rotatable bonds is 3. The van der Waals surface area contributed by atoms with Gasteiger partial charge in [0.25, 0.3) is 0 Å². The standard InChI is InChI=1S/C15H25N3O/c1-4-15(5-2,11-16)14(19)18-10-13-7-6-8-17(13)9-12(18)3/h12-13H,4-10H2,1-3H3. The van der Waals surface area contributed by atoms with Crippen LogP contribution in [-0.4, -0.2) is 47.4 Å². The largest absolute Gasteiger partial charge is 0.336 e. The highest BCUT2D eigenvalue weighted by molar-refractivity contribution is 5.85. The second-order valence-corrected chi connectivity index (χ2v) is 6.00. The number of nitrogens with zero attached hydrogens (tertiary/aromatic N) is 3. The lowest BCUT2D eigenvalue weighted by molar-refractivity contribution is -0.145. The molecule has 0 aromatic heterocycles. The second kappa shape index (κ2) is 5.50. The molecule has 2 aliphatic heterocycles. The molecule has 2 rings (SSSR count). The molecule has 0 aromatic carbocycles. The summed E-state index contributed by atoms with van der Waals surface area (Å²) in [7, 11) is 0. The lowest BCUT2D eigenvalue weighted by Gasteiger charge is -2.44. The molecule has 19 heavy (non-hydrogen) atoms. The maximum absolute atomic E-state index is 12.8. The van der Waals surface area contributed by atoms with Crippen molar-refractivity contribution < 1.29 is 4.79 Å². The van der Waals surface area contributed by atoms with Crippen molar-refractivity contribution in [1.82, 2.24) is 9.80 Å². The number of amides is 1. The summed E-state index contributed by atoms with van der Waals surface area (Å²) in [6.45, 7) is 8.94. The number of hydrogen-bond acceptors (Lipinski definition) is 3. The van der Waals surface area contributed by atoms with Gasteiger partial charge in [-0.1, -0.05) is 13.8 Å². The summed E-state index contributed by atoms with van der Waals surface area (Å²) in [6, 6.07) is 3.04. The SMILES string of the molecule is CCC(C#N)(CC)C(=O)N1CC2CCCN2CC1C. The number of carbonyl (C=O) groups excluding carboxylic acids is 1. The van der Waals surface area contributed by atoms with Crippen molar-refractivity contribution in [3.63, 3.8) is 0 Å². The molecule has 2 aliphatic rings. The normalized spacial score (nSPS) is 28.0. The van der Waals surface area contributed by atoms with Crippen LogP contribution < -0.4 is 0 Å². The van der Waals surface area contributed by atoms with Crippen LogP contribution in [0.5, 0.6) is 0 Å². The fourth-order valence-corrected chi connectivity index (χ4v) is 3.50. The first-order valence-corrected chi connectivity index (χ1v) is 7.54. The first-order chi connectivity index (χ1) is 9.07. The van der Waals surface area contributed by atoms with Crippen LogP contribution in [0.25, 0.3) is 0 Å². The van der Waals surface area contributed by atoms with E-state index in [2.05, 4.69) is 17.9 Å². The molecule has 0 aromatic rings. The summed E-state index contributed by atoms with van der Waals surface area (Å²) < 4.78 is 0. The zero-order valence-corrected chi connectivity index (χ0v) is 12.4. The Kier molecular flexibility index (Phi) is 4.15. The van der Waals surface area contributed by atoms with Crippen LogP contribution in [0.1, 0.15) is 46.5 Å². The fraction of sp³-hybridized carbons (Fsp3) is 0.867. The number of nitriles is 1. The highest BCUT2D eigenvalue weighted by Crippen LogP contribution is 2.32. The molecule has 0 aliphatic carbocycles. The highest BCUT2D eigenvalue weighted by atomic mass is 16.2. The molecule has 2 atom stereocenters. The van der Waals surface area contributed by atoms with Gasteiger partial charge in [-0.15, -0.1) is 0 Å². The van der Waals surface area contributed by atoms with Crippen LogP contribution in [0.4, 0.5) is 0 Å². The third kappa shape index (κ3) is 2.36. The predicted molar refractivity (Wildman–Crippen MR) is 74.4 cm³/mol. The van der Waals surface area contributed by atoms with Gasteiger partial charge >= 0.3 is 0 Å². The van der Waals surface area contributed by atoms with E-state index >= 15 is 0 Å². The minimum atomic E-state index is -0.810. The quantitative estimate of drug-likeness (QED) is 0.782. The van der Waals surface area contributed by atoms with E-state index in [9.17, 15) is 10.1 Å². The first-order valence-electron chi connectivity index (χ1n) is 7.54. The number of fused-ring (bicyclic) bond motifs is 1. The molecular weight excluding hydrogens is 238 g/mol. The Morgan fingerprint density at radius 2 is 2.05 bits per heavy atom.